The zero-order chi connectivity index (χ0) is 36.9. The lowest BCUT2D eigenvalue weighted by Gasteiger charge is -2.57. The minimum absolute atomic E-state index is 0.127. The maximum Gasteiger partial charge on any atom is 0.219 e. The number of rotatable bonds is 10. The lowest BCUT2D eigenvalue weighted by atomic mass is 9.62. The largest absolute Gasteiger partial charge is 0.493 e. The van der Waals surface area contributed by atoms with E-state index >= 15 is 0 Å². The molecule has 2 saturated heterocycles. The van der Waals surface area contributed by atoms with Crippen molar-refractivity contribution in [3.8, 4) is 45.3 Å². The normalized spacial score (nSPS) is 17.6. The van der Waals surface area contributed by atoms with Gasteiger partial charge in [0, 0.05) is 91.3 Å². The number of aromatic nitrogens is 5. The number of nitrogens with one attached hydrogen (secondary N) is 1. The van der Waals surface area contributed by atoms with Gasteiger partial charge in [0.1, 0.15) is 0 Å². The molecular weight excluding hydrogens is 715 g/mol. The Kier molecular flexibility index (Phi) is 9.75. The topological polar surface area (TPSA) is 130 Å². The first-order valence-electron chi connectivity index (χ1n) is 17.9. The number of aliphatic hydroxyl groups is 1. The summed E-state index contributed by atoms with van der Waals surface area (Å²) in [5, 5.41) is 19.1. The summed E-state index contributed by atoms with van der Waals surface area (Å²) >= 11 is 14.3. The predicted molar refractivity (Wildman–Crippen MR) is 203 cm³/mol. The number of carbonyl (C=O) groups excluding carboxylic acids is 1. The summed E-state index contributed by atoms with van der Waals surface area (Å²) in [5.74, 6) is 1.91. The lowest BCUT2D eigenvalue weighted by Crippen LogP contribution is -2.63. The Balaban J connectivity index is 1.03. The molecule has 3 aliphatic rings. The van der Waals surface area contributed by atoms with E-state index in [1.165, 1.54) is 0 Å². The number of piperidine rings is 1. The fourth-order valence-electron chi connectivity index (χ4n) is 8.13. The standard InChI is InChI=1S/C39H42Cl2N8O4/c1-23(50)48-13-10-26(11-14-48)43-18-24-7-8-31(44-38(24)53-3)30-6-4-5-28(34(30)40)29-9-12-42-36(35(29)41)25-15-32(52-2)37-45-33(46-49(37)19-25)20-47-21-39(22-47)16-27(51)17-39/h4-9,12,15,19,26-27,43,51H,10-11,13-14,16-18,20-22H2,1-3H3. The van der Waals surface area contributed by atoms with Gasteiger partial charge in [-0.15, -0.1) is 5.10 Å². The third-order valence-electron chi connectivity index (χ3n) is 10.9. The van der Waals surface area contributed by atoms with Gasteiger partial charge in [-0.05, 0) is 43.9 Å². The van der Waals surface area contributed by atoms with E-state index < -0.39 is 0 Å². The van der Waals surface area contributed by atoms with Gasteiger partial charge >= 0.3 is 0 Å². The number of pyridine rings is 3. The summed E-state index contributed by atoms with van der Waals surface area (Å²) in [6.45, 7) is 6.28. The maximum absolute atomic E-state index is 11.7. The third-order valence-corrected chi connectivity index (χ3v) is 11.7. The smallest absolute Gasteiger partial charge is 0.219 e. The highest BCUT2D eigenvalue weighted by atomic mass is 35.5. The number of nitrogens with zero attached hydrogens (tertiary/aromatic N) is 7. The van der Waals surface area contributed by atoms with Crippen LogP contribution in [0.3, 0.4) is 0 Å². The number of methoxy groups -OCH3 is 2. The summed E-state index contributed by atoms with van der Waals surface area (Å²) in [7, 11) is 3.23. The summed E-state index contributed by atoms with van der Waals surface area (Å²) in [4.78, 5) is 30.2. The van der Waals surface area contributed by atoms with Gasteiger partial charge < -0.3 is 24.8 Å². The van der Waals surface area contributed by atoms with Crippen LogP contribution in [0.25, 0.3) is 39.3 Å². The molecule has 3 fully saturated rings. The van der Waals surface area contributed by atoms with Crippen LogP contribution < -0.4 is 14.8 Å². The highest BCUT2D eigenvalue weighted by Gasteiger charge is 2.51. The molecule has 2 aliphatic heterocycles. The summed E-state index contributed by atoms with van der Waals surface area (Å²) in [6.07, 6.45) is 7.00. The Hall–Kier alpha value is -4.33. The van der Waals surface area contributed by atoms with E-state index in [0.29, 0.717) is 63.7 Å². The number of benzene rings is 1. The van der Waals surface area contributed by atoms with Crippen molar-refractivity contribution in [2.24, 2.45) is 5.41 Å². The van der Waals surface area contributed by atoms with Gasteiger partial charge in [-0.3, -0.25) is 14.7 Å². The van der Waals surface area contributed by atoms with E-state index in [1.807, 2.05) is 53.6 Å². The van der Waals surface area contributed by atoms with Crippen molar-refractivity contribution in [2.75, 3.05) is 40.4 Å². The maximum atomic E-state index is 11.7. The molecule has 5 aromatic rings. The average Bonchev–Trinajstić information content (AvgIpc) is 3.55. The molecule has 1 saturated carbocycles. The molecule has 1 spiro atoms. The second-order valence-electron chi connectivity index (χ2n) is 14.5. The minimum atomic E-state index is -0.158. The van der Waals surface area contributed by atoms with Crippen molar-refractivity contribution in [1.82, 2.24) is 39.7 Å². The highest BCUT2D eigenvalue weighted by Crippen LogP contribution is 2.48. The molecule has 12 nitrogen and oxygen atoms in total. The van der Waals surface area contributed by atoms with Crippen molar-refractivity contribution < 1.29 is 19.4 Å². The Morgan fingerprint density at radius 1 is 1.00 bits per heavy atom. The van der Waals surface area contributed by atoms with E-state index in [-0.39, 0.29) is 17.4 Å². The number of ether oxygens (including phenoxy) is 2. The second kappa shape index (κ2) is 14.5. The number of carbonyl (C=O) groups is 1. The number of fused-ring (bicyclic) bond motifs is 1. The Morgan fingerprint density at radius 3 is 2.47 bits per heavy atom. The molecule has 1 amide bonds. The van der Waals surface area contributed by atoms with Gasteiger partial charge in [0.25, 0.3) is 0 Å². The van der Waals surface area contributed by atoms with Gasteiger partial charge in [-0.1, -0.05) is 47.5 Å². The molecule has 2 N–H and O–H groups in total. The molecule has 0 unspecified atom stereocenters. The molecule has 0 atom stereocenters. The Bertz CT molecular complexity index is 2170. The molecule has 276 valence electrons. The number of hydrogen-bond donors (Lipinski definition) is 2. The van der Waals surface area contributed by atoms with Crippen molar-refractivity contribution in [3.05, 3.63) is 76.3 Å². The van der Waals surface area contributed by atoms with Gasteiger partial charge in [-0.25, -0.2) is 14.5 Å². The number of hydrogen-bond acceptors (Lipinski definition) is 10. The molecule has 14 heteroatoms. The van der Waals surface area contributed by atoms with Crippen LogP contribution in [0.2, 0.25) is 10.0 Å². The molecule has 1 aromatic carbocycles. The monoisotopic (exact) mass is 756 g/mol. The molecule has 0 bridgehead atoms. The molecule has 0 radical (unpaired) electrons. The van der Waals surface area contributed by atoms with Gasteiger partial charge in [0.2, 0.25) is 11.8 Å². The first kappa shape index (κ1) is 35.7. The van der Waals surface area contributed by atoms with Crippen molar-refractivity contribution >= 4 is 34.8 Å². The van der Waals surface area contributed by atoms with Crippen LogP contribution in [-0.4, -0.2) is 97.9 Å². The SMILES string of the molecule is COc1nc(-c2cccc(-c3ccnc(-c4cc(OC)c5nc(CN6CC7(CC(O)C7)C6)nn5c4)c3Cl)c2Cl)ccc1CNC1CCN(C(C)=O)CC1. The quantitative estimate of drug-likeness (QED) is 0.178. The van der Waals surface area contributed by atoms with Crippen LogP contribution in [0, 0.1) is 5.41 Å². The van der Waals surface area contributed by atoms with Crippen molar-refractivity contribution in [2.45, 2.75) is 57.8 Å². The Morgan fingerprint density at radius 2 is 1.75 bits per heavy atom. The van der Waals surface area contributed by atoms with E-state index in [0.717, 1.165) is 79.7 Å². The number of halogens is 2. The van der Waals surface area contributed by atoms with Crippen molar-refractivity contribution in [3.63, 3.8) is 0 Å². The van der Waals surface area contributed by atoms with Crippen LogP contribution >= 0.6 is 23.2 Å². The Labute approximate surface area is 318 Å². The zero-order valence-electron chi connectivity index (χ0n) is 30.0. The molecule has 8 rings (SSSR count). The summed E-state index contributed by atoms with van der Waals surface area (Å²) in [6, 6.07) is 13.8. The third kappa shape index (κ3) is 6.94. The zero-order valence-corrected chi connectivity index (χ0v) is 31.5. The number of aliphatic hydroxyl groups excluding tert-OH is 1. The van der Waals surface area contributed by atoms with Crippen LogP contribution in [0.4, 0.5) is 0 Å². The lowest BCUT2D eigenvalue weighted by molar-refractivity contribution is -0.131. The number of amides is 1. The van der Waals surface area contributed by atoms with Crippen LogP contribution in [-0.2, 0) is 17.9 Å². The van der Waals surface area contributed by atoms with Crippen LogP contribution in [0.15, 0.2) is 54.9 Å². The highest BCUT2D eigenvalue weighted by molar-refractivity contribution is 6.39. The molecule has 1 aliphatic carbocycles. The van der Waals surface area contributed by atoms with Gasteiger partial charge in [-0.2, -0.15) is 0 Å². The predicted octanol–water partition coefficient (Wildman–Crippen LogP) is 5.90. The second-order valence-corrected chi connectivity index (χ2v) is 15.3. The van der Waals surface area contributed by atoms with Gasteiger partial charge in [0.05, 0.1) is 48.3 Å². The van der Waals surface area contributed by atoms with Gasteiger partial charge in [0.15, 0.2) is 17.2 Å². The molecular formula is C39H42Cl2N8O4. The average molecular weight is 758 g/mol. The van der Waals surface area contributed by atoms with E-state index in [4.69, 9.17) is 47.7 Å². The van der Waals surface area contributed by atoms with E-state index in [1.54, 1.807) is 31.9 Å². The number of likely N-dealkylation sites (tertiary alicyclic amines) is 2. The first-order valence-corrected chi connectivity index (χ1v) is 18.7. The molecule has 4 aromatic heterocycles. The van der Waals surface area contributed by atoms with Crippen molar-refractivity contribution in [1.29, 1.82) is 0 Å². The summed E-state index contributed by atoms with van der Waals surface area (Å²) < 4.78 is 13.2. The van der Waals surface area contributed by atoms with Crippen LogP contribution in [0.5, 0.6) is 11.6 Å². The van der Waals surface area contributed by atoms with Crippen LogP contribution in [0.1, 0.15) is 44.0 Å². The summed E-state index contributed by atoms with van der Waals surface area (Å²) in [5.41, 5.74) is 5.97. The van der Waals surface area contributed by atoms with E-state index in [9.17, 15) is 9.90 Å². The fraction of sp³-hybridized carbons (Fsp3) is 0.410. The van der Waals surface area contributed by atoms with E-state index in [2.05, 4.69) is 15.2 Å². The fourth-order valence-corrected chi connectivity index (χ4v) is 8.78. The minimum Gasteiger partial charge on any atom is -0.493 e. The molecule has 53 heavy (non-hydrogen) atoms. The first-order chi connectivity index (χ1) is 25.6. The molecule has 6 heterocycles.